The van der Waals surface area contributed by atoms with Gasteiger partial charge in [0.25, 0.3) is 5.91 Å². The van der Waals surface area contributed by atoms with Gasteiger partial charge in [0.05, 0.1) is 37.1 Å². The Bertz CT molecular complexity index is 1120. The molecule has 0 saturated heterocycles. The van der Waals surface area contributed by atoms with Gasteiger partial charge in [-0.2, -0.15) is 0 Å². The van der Waals surface area contributed by atoms with E-state index in [-0.39, 0.29) is 37.0 Å². The topological polar surface area (TPSA) is 110 Å². The van der Waals surface area contributed by atoms with Gasteiger partial charge in [-0.15, -0.1) is 0 Å². The molecule has 0 atom stereocenters. The van der Waals surface area contributed by atoms with Gasteiger partial charge in [-0.3, -0.25) is 14.4 Å². The molecular formula is C25H25N3O5S. The fraction of sp³-hybridized carbons (Fsp3) is 0.200. The maximum Gasteiger partial charge on any atom is 0.306 e. The zero-order chi connectivity index (χ0) is 24.2. The Labute approximate surface area is 202 Å². The summed E-state index contributed by atoms with van der Waals surface area (Å²) in [7, 11) is 0. The highest BCUT2D eigenvalue weighted by Gasteiger charge is 2.14. The number of carbonyl (C=O) groups excluding carboxylic acids is 3. The van der Waals surface area contributed by atoms with Gasteiger partial charge in [0.2, 0.25) is 5.91 Å². The number of amides is 2. The molecule has 8 nitrogen and oxygen atoms in total. The van der Waals surface area contributed by atoms with Crippen molar-refractivity contribution in [3.8, 4) is 0 Å². The minimum absolute atomic E-state index is 0.0220. The summed E-state index contributed by atoms with van der Waals surface area (Å²) in [6, 6.07) is 19.9. The van der Waals surface area contributed by atoms with Crippen molar-refractivity contribution in [3.05, 3.63) is 89.9 Å². The number of ether oxygens (including phenoxy) is 1. The maximum atomic E-state index is 12.5. The Morgan fingerprint density at radius 3 is 2.44 bits per heavy atom. The molecule has 1 heterocycles. The number of benzene rings is 2. The van der Waals surface area contributed by atoms with Crippen LogP contribution in [0.5, 0.6) is 0 Å². The van der Waals surface area contributed by atoms with Crippen molar-refractivity contribution in [2.75, 3.05) is 11.9 Å². The van der Waals surface area contributed by atoms with E-state index in [2.05, 4.69) is 16.0 Å². The van der Waals surface area contributed by atoms with Crippen LogP contribution in [0.2, 0.25) is 0 Å². The normalized spacial score (nSPS) is 10.2. The molecule has 0 aliphatic rings. The Morgan fingerprint density at radius 1 is 0.912 bits per heavy atom. The molecule has 0 saturated carbocycles. The number of nitrogens with one attached hydrogen (secondary N) is 3. The number of thiocarbonyl (C=S) groups is 1. The molecule has 34 heavy (non-hydrogen) atoms. The number of para-hydroxylation sites is 1. The third-order valence-corrected chi connectivity index (χ3v) is 4.93. The number of furan rings is 1. The highest BCUT2D eigenvalue weighted by atomic mass is 32.1. The average Bonchev–Trinajstić information content (AvgIpc) is 3.36. The summed E-state index contributed by atoms with van der Waals surface area (Å²) in [5.41, 5.74) is 1.86. The van der Waals surface area contributed by atoms with E-state index in [4.69, 9.17) is 21.4 Å². The molecule has 0 fully saturated rings. The SMILES string of the molecule is O=C(CCC(=O)OCCc1ccccc1)NC(=S)Nc1ccccc1C(=O)NCc1ccco1. The summed E-state index contributed by atoms with van der Waals surface area (Å²) in [5.74, 6) is -0.590. The van der Waals surface area contributed by atoms with E-state index in [1.165, 1.54) is 6.26 Å². The lowest BCUT2D eigenvalue weighted by Gasteiger charge is -2.13. The van der Waals surface area contributed by atoms with Crippen LogP contribution in [0.1, 0.15) is 34.5 Å². The summed E-state index contributed by atoms with van der Waals surface area (Å²) in [4.78, 5) is 36.6. The van der Waals surface area contributed by atoms with E-state index in [1.54, 1.807) is 36.4 Å². The maximum absolute atomic E-state index is 12.5. The highest BCUT2D eigenvalue weighted by molar-refractivity contribution is 7.80. The van der Waals surface area contributed by atoms with Gasteiger partial charge in [0.15, 0.2) is 5.11 Å². The van der Waals surface area contributed by atoms with Crippen molar-refractivity contribution in [1.29, 1.82) is 0 Å². The Balaban J connectivity index is 1.40. The van der Waals surface area contributed by atoms with E-state index in [0.717, 1.165) is 5.56 Å². The fourth-order valence-electron chi connectivity index (χ4n) is 3.02. The van der Waals surface area contributed by atoms with Gasteiger partial charge in [0.1, 0.15) is 5.76 Å². The molecule has 9 heteroatoms. The second-order valence-corrected chi connectivity index (χ2v) is 7.67. The molecule has 0 aliphatic heterocycles. The van der Waals surface area contributed by atoms with Crippen LogP contribution in [-0.2, 0) is 27.3 Å². The molecule has 2 aromatic carbocycles. The monoisotopic (exact) mass is 479 g/mol. The van der Waals surface area contributed by atoms with Crippen molar-refractivity contribution in [2.45, 2.75) is 25.8 Å². The van der Waals surface area contributed by atoms with E-state index in [0.29, 0.717) is 23.4 Å². The second-order valence-electron chi connectivity index (χ2n) is 7.27. The van der Waals surface area contributed by atoms with Gasteiger partial charge in [-0.05, 0) is 42.0 Å². The molecule has 3 N–H and O–H groups in total. The smallest absolute Gasteiger partial charge is 0.306 e. The van der Waals surface area contributed by atoms with Crippen LogP contribution in [0, 0.1) is 0 Å². The van der Waals surface area contributed by atoms with Gasteiger partial charge < -0.3 is 25.1 Å². The first-order chi connectivity index (χ1) is 16.5. The van der Waals surface area contributed by atoms with Crippen LogP contribution in [0.3, 0.4) is 0 Å². The summed E-state index contributed by atoms with van der Waals surface area (Å²) in [6.45, 7) is 0.492. The Kier molecular flexibility index (Phi) is 9.36. The van der Waals surface area contributed by atoms with Crippen LogP contribution >= 0.6 is 12.2 Å². The molecule has 3 rings (SSSR count). The number of carbonyl (C=O) groups is 3. The molecule has 0 spiro atoms. The van der Waals surface area contributed by atoms with Gasteiger partial charge >= 0.3 is 5.97 Å². The van der Waals surface area contributed by atoms with E-state index in [9.17, 15) is 14.4 Å². The quantitative estimate of drug-likeness (QED) is 0.301. The van der Waals surface area contributed by atoms with Crippen LogP contribution in [0.25, 0.3) is 0 Å². The summed E-state index contributed by atoms with van der Waals surface area (Å²) in [5, 5.41) is 8.15. The lowest BCUT2D eigenvalue weighted by molar-refractivity contribution is -0.144. The summed E-state index contributed by atoms with van der Waals surface area (Å²) in [6.07, 6.45) is 2.01. The van der Waals surface area contributed by atoms with Crippen molar-refractivity contribution < 1.29 is 23.5 Å². The van der Waals surface area contributed by atoms with E-state index < -0.39 is 11.9 Å². The van der Waals surface area contributed by atoms with E-state index in [1.807, 2.05) is 30.3 Å². The Morgan fingerprint density at radius 2 is 1.68 bits per heavy atom. The lowest BCUT2D eigenvalue weighted by atomic mass is 10.1. The van der Waals surface area contributed by atoms with Gasteiger partial charge in [0, 0.05) is 12.8 Å². The zero-order valence-electron chi connectivity index (χ0n) is 18.4. The standard InChI is InChI=1S/C25H25N3O5S/c29-22(12-13-23(30)33-16-14-18-7-2-1-3-8-18)28-25(34)27-21-11-5-4-10-20(21)24(31)26-17-19-9-6-15-32-19/h1-11,15H,12-14,16-17H2,(H,26,31)(H2,27,28,29,34). The number of anilines is 1. The van der Waals surface area contributed by atoms with Crippen LogP contribution in [-0.4, -0.2) is 29.5 Å². The first-order valence-corrected chi connectivity index (χ1v) is 11.1. The third-order valence-electron chi connectivity index (χ3n) is 4.73. The van der Waals surface area contributed by atoms with Crippen molar-refractivity contribution >= 4 is 40.8 Å². The first-order valence-electron chi connectivity index (χ1n) is 10.7. The van der Waals surface area contributed by atoms with Crippen LogP contribution < -0.4 is 16.0 Å². The van der Waals surface area contributed by atoms with Gasteiger partial charge in [-0.25, -0.2) is 0 Å². The van der Waals surface area contributed by atoms with Crippen LogP contribution in [0.4, 0.5) is 5.69 Å². The molecule has 0 bridgehead atoms. The predicted octanol–water partition coefficient (Wildman–Crippen LogP) is 3.59. The second kappa shape index (κ2) is 12.9. The van der Waals surface area contributed by atoms with Crippen molar-refractivity contribution in [2.24, 2.45) is 0 Å². The zero-order valence-corrected chi connectivity index (χ0v) is 19.2. The Hall–Kier alpha value is -3.98. The minimum Gasteiger partial charge on any atom is -0.467 e. The third kappa shape index (κ3) is 8.18. The molecule has 0 radical (unpaired) electrons. The molecule has 0 unspecified atom stereocenters. The number of esters is 1. The lowest BCUT2D eigenvalue weighted by Crippen LogP contribution is -2.35. The largest absolute Gasteiger partial charge is 0.467 e. The van der Waals surface area contributed by atoms with E-state index >= 15 is 0 Å². The number of hydrogen-bond acceptors (Lipinski definition) is 6. The predicted molar refractivity (Wildman–Crippen MR) is 131 cm³/mol. The van der Waals surface area contributed by atoms with Crippen molar-refractivity contribution in [3.63, 3.8) is 0 Å². The molecule has 3 aromatic rings. The minimum atomic E-state index is -0.455. The van der Waals surface area contributed by atoms with Crippen molar-refractivity contribution in [1.82, 2.24) is 10.6 Å². The summed E-state index contributed by atoms with van der Waals surface area (Å²) >= 11 is 5.19. The molecule has 1 aromatic heterocycles. The van der Waals surface area contributed by atoms with Gasteiger partial charge in [-0.1, -0.05) is 42.5 Å². The fourth-order valence-corrected chi connectivity index (χ4v) is 3.25. The van der Waals surface area contributed by atoms with Crippen LogP contribution in [0.15, 0.2) is 77.4 Å². The first kappa shape index (κ1) is 24.7. The molecule has 0 aliphatic carbocycles. The molecule has 2 amide bonds. The average molecular weight is 480 g/mol. The summed E-state index contributed by atoms with van der Waals surface area (Å²) < 4.78 is 10.4. The number of rotatable bonds is 10. The molecular weight excluding hydrogens is 454 g/mol. The molecule has 176 valence electrons. The highest BCUT2D eigenvalue weighted by Crippen LogP contribution is 2.15. The number of hydrogen-bond donors (Lipinski definition) is 3.